The van der Waals surface area contributed by atoms with E-state index in [1.165, 1.54) is 11.3 Å². The molecule has 1 aliphatic carbocycles. The summed E-state index contributed by atoms with van der Waals surface area (Å²) in [6, 6.07) is 6.75. The summed E-state index contributed by atoms with van der Waals surface area (Å²) in [4.78, 5) is 12.4. The Hall–Kier alpha value is -1.84. The van der Waals surface area contributed by atoms with Gasteiger partial charge in [0.15, 0.2) is 0 Å². The minimum absolute atomic E-state index is 0.0831. The third kappa shape index (κ3) is 6.08. The molecule has 2 N–H and O–H groups in total. The molecular weight excluding hydrogens is 384 g/mol. The lowest BCUT2D eigenvalue weighted by Crippen LogP contribution is -2.25. The van der Waals surface area contributed by atoms with Crippen molar-refractivity contribution in [1.82, 2.24) is 14.9 Å². The van der Waals surface area contributed by atoms with Crippen LogP contribution in [0.2, 0.25) is 0 Å². The van der Waals surface area contributed by atoms with Crippen LogP contribution in [0.4, 0.5) is 5.13 Å². The number of anilines is 1. The van der Waals surface area contributed by atoms with Crippen molar-refractivity contribution in [2.24, 2.45) is 5.92 Å². The highest BCUT2D eigenvalue weighted by Gasteiger charge is 2.27. The van der Waals surface area contributed by atoms with Gasteiger partial charge in [-0.3, -0.25) is 4.79 Å². The van der Waals surface area contributed by atoms with Crippen molar-refractivity contribution in [2.45, 2.75) is 56.9 Å². The minimum atomic E-state index is -3.44. The van der Waals surface area contributed by atoms with Crippen molar-refractivity contribution >= 4 is 32.4 Å². The molecule has 1 fully saturated rings. The number of carbonyl (C=O) groups is 1. The molecule has 0 spiro atoms. The van der Waals surface area contributed by atoms with Crippen LogP contribution in [0, 0.1) is 5.92 Å². The van der Waals surface area contributed by atoms with Crippen molar-refractivity contribution < 1.29 is 13.2 Å². The monoisotopic (exact) mass is 408 g/mol. The Balaban J connectivity index is 1.49. The lowest BCUT2D eigenvalue weighted by atomic mass is 10.1. The summed E-state index contributed by atoms with van der Waals surface area (Å²) < 4.78 is 26.9. The van der Waals surface area contributed by atoms with Gasteiger partial charge in [-0.1, -0.05) is 37.3 Å². The average molecular weight is 409 g/mol. The standard InChI is InChI=1S/C18H24N4O3S2/c1-12(2)11-17-20-21-18(26-17)19-16(23)10-5-13-3-8-15(9-4-13)27(24,25)22-14-6-7-14/h3-4,8-9,12,14,22H,5-7,10-11H2,1-2H3,(H,19,21,23). The topological polar surface area (TPSA) is 101 Å². The van der Waals surface area contributed by atoms with E-state index in [-0.39, 0.29) is 16.8 Å². The normalized spacial score (nSPS) is 14.5. The Morgan fingerprint density at radius 1 is 1.22 bits per heavy atom. The Bertz CT molecular complexity index is 888. The quantitative estimate of drug-likeness (QED) is 0.664. The molecule has 3 rings (SSSR count). The number of rotatable bonds is 9. The van der Waals surface area contributed by atoms with Crippen LogP contribution in [0.1, 0.15) is 43.7 Å². The van der Waals surface area contributed by atoms with Gasteiger partial charge in [-0.05, 0) is 42.9 Å². The largest absolute Gasteiger partial charge is 0.301 e. The molecule has 0 atom stereocenters. The summed E-state index contributed by atoms with van der Waals surface area (Å²) in [5.74, 6) is 0.363. The van der Waals surface area contributed by atoms with E-state index in [4.69, 9.17) is 0 Å². The van der Waals surface area contributed by atoms with Crippen LogP contribution in [0.25, 0.3) is 0 Å². The summed E-state index contributed by atoms with van der Waals surface area (Å²) in [6.45, 7) is 4.22. The number of sulfonamides is 1. The van der Waals surface area contributed by atoms with Gasteiger partial charge in [0.25, 0.3) is 0 Å². The molecule has 1 heterocycles. The summed E-state index contributed by atoms with van der Waals surface area (Å²) in [7, 11) is -3.44. The van der Waals surface area contributed by atoms with E-state index in [0.29, 0.717) is 23.9 Å². The molecule has 1 aromatic heterocycles. The highest BCUT2D eigenvalue weighted by molar-refractivity contribution is 7.89. The van der Waals surface area contributed by atoms with Gasteiger partial charge in [0.1, 0.15) is 5.01 Å². The number of benzene rings is 1. The zero-order chi connectivity index (χ0) is 19.4. The second-order valence-corrected chi connectivity index (χ2v) is 9.96. The van der Waals surface area contributed by atoms with Gasteiger partial charge in [0.2, 0.25) is 21.1 Å². The zero-order valence-electron chi connectivity index (χ0n) is 15.4. The number of aromatic nitrogens is 2. The average Bonchev–Trinajstić information content (AvgIpc) is 3.30. The first-order valence-corrected chi connectivity index (χ1v) is 11.4. The number of carbonyl (C=O) groups excluding carboxylic acids is 1. The molecule has 9 heteroatoms. The fourth-order valence-corrected chi connectivity index (χ4v) is 4.77. The molecule has 7 nitrogen and oxygen atoms in total. The van der Waals surface area contributed by atoms with Crippen LogP contribution in [-0.4, -0.2) is 30.6 Å². The first-order valence-electron chi connectivity index (χ1n) is 9.05. The van der Waals surface area contributed by atoms with E-state index in [0.717, 1.165) is 29.8 Å². The second-order valence-electron chi connectivity index (χ2n) is 7.19. The maximum atomic E-state index is 12.1. The second kappa shape index (κ2) is 8.45. The molecule has 1 amide bonds. The summed E-state index contributed by atoms with van der Waals surface area (Å²) in [5, 5.41) is 12.3. The van der Waals surface area contributed by atoms with E-state index >= 15 is 0 Å². The third-order valence-corrected chi connectivity index (χ3v) is 6.47. The van der Waals surface area contributed by atoms with Crippen LogP contribution in [0.15, 0.2) is 29.2 Å². The number of hydrogen-bond donors (Lipinski definition) is 2. The molecular formula is C18H24N4O3S2. The summed E-state index contributed by atoms with van der Waals surface area (Å²) in [6.07, 6.45) is 3.48. The van der Waals surface area contributed by atoms with Crippen LogP contribution < -0.4 is 10.0 Å². The maximum Gasteiger partial charge on any atom is 0.240 e. The van der Waals surface area contributed by atoms with Crippen LogP contribution >= 0.6 is 11.3 Å². The summed E-state index contributed by atoms with van der Waals surface area (Å²) in [5.41, 5.74) is 0.910. The number of nitrogens with zero attached hydrogens (tertiary/aromatic N) is 2. The molecule has 0 saturated heterocycles. The van der Waals surface area contributed by atoms with E-state index < -0.39 is 10.0 Å². The highest BCUT2D eigenvalue weighted by atomic mass is 32.2. The SMILES string of the molecule is CC(C)Cc1nnc(NC(=O)CCc2ccc(S(=O)(=O)NC3CC3)cc2)s1. The number of nitrogens with one attached hydrogen (secondary N) is 2. The minimum Gasteiger partial charge on any atom is -0.301 e. The maximum absolute atomic E-state index is 12.1. The Kier molecular flexibility index (Phi) is 6.23. The van der Waals surface area contributed by atoms with Gasteiger partial charge in [0.05, 0.1) is 4.90 Å². The fourth-order valence-electron chi connectivity index (χ4n) is 2.50. The first-order chi connectivity index (χ1) is 12.8. The van der Waals surface area contributed by atoms with Crippen LogP contribution in [0.5, 0.6) is 0 Å². The van der Waals surface area contributed by atoms with E-state index in [9.17, 15) is 13.2 Å². The number of aryl methyl sites for hydroxylation is 1. The van der Waals surface area contributed by atoms with Gasteiger partial charge in [0, 0.05) is 18.9 Å². The third-order valence-electron chi connectivity index (χ3n) is 4.07. The fraction of sp³-hybridized carbons (Fsp3) is 0.500. The van der Waals surface area contributed by atoms with Crippen molar-refractivity contribution in [3.63, 3.8) is 0 Å². The first kappa shape index (κ1) is 19.9. The molecule has 27 heavy (non-hydrogen) atoms. The molecule has 146 valence electrons. The Labute approximate surface area is 163 Å². The Morgan fingerprint density at radius 2 is 1.93 bits per heavy atom. The predicted octanol–water partition coefficient (Wildman–Crippen LogP) is 2.75. The Morgan fingerprint density at radius 3 is 2.56 bits per heavy atom. The molecule has 0 radical (unpaired) electrons. The van der Waals surface area contributed by atoms with Crippen molar-refractivity contribution in [3.8, 4) is 0 Å². The number of amides is 1. The molecule has 1 aromatic carbocycles. The molecule has 1 aliphatic rings. The predicted molar refractivity (Wildman–Crippen MR) is 105 cm³/mol. The van der Waals surface area contributed by atoms with Gasteiger partial charge in [-0.25, -0.2) is 13.1 Å². The van der Waals surface area contributed by atoms with Crippen LogP contribution in [-0.2, 0) is 27.7 Å². The smallest absolute Gasteiger partial charge is 0.240 e. The lowest BCUT2D eigenvalue weighted by molar-refractivity contribution is -0.116. The van der Waals surface area contributed by atoms with E-state index in [2.05, 4.69) is 34.1 Å². The van der Waals surface area contributed by atoms with Gasteiger partial charge < -0.3 is 5.32 Å². The zero-order valence-corrected chi connectivity index (χ0v) is 17.1. The van der Waals surface area contributed by atoms with Crippen LogP contribution in [0.3, 0.4) is 0 Å². The molecule has 0 unspecified atom stereocenters. The van der Waals surface area contributed by atoms with E-state index in [1.807, 2.05) is 0 Å². The lowest BCUT2D eigenvalue weighted by Gasteiger charge is -2.07. The van der Waals surface area contributed by atoms with Gasteiger partial charge in [-0.2, -0.15) is 0 Å². The van der Waals surface area contributed by atoms with Crippen molar-refractivity contribution in [3.05, 3.63) is 34.8 Å². The van der Waals surface area contributed by atoms with Crippen molar-refractivity contribution in [1.29, 1.82) is 0 Å². The molecule has 2 aromatic rings. The molecule has 1 saturated carbocycles. The van der Waals surface area contributed by atoms with Crippen molar-refractivity contribution in [2.75, 3.05) is 5.32 Å². The summed E-state index contributed by atoms with van der Waals surface area (Å²) >= 11 is 1.40. The number of hydrogen-bond acceptors (Lipinski definition) is 6. The molecule has 0 aliphatic heterocycles. The highest BCUT2D eigenvalue weighted by Crippen LogP contribution is 2.22. The van der Waals surface area contributed by atoms with Gasteiger partial charge in [-0.15, -0.1) is 10.2 Å². The van der Waals surface area contributed by atoms with E-state index in [1.54, 1.807) is 24.3 Å². The molecule has 0 bridgehead atoms. The van der Waals surface area contributed by atoms with Gasteiger partial charge >= 0.3 is 0 Å².